The second-order valence-corrected chi connectivity index (χ2v) is 6.84. The molecule has 0 spiro atoms. The van der Waals surface area contributed by atoms with Crippen LogP contribution in [0, 0.1) is 5.92 Å². The first kappa shape index (κ1) is 15.3. The van der Waals surface area contributed by atoms with E-state index in [2.05, 4.69) is 23.7 Å². The number of nitrogens with zero attached hydrogens (tertiary/aromatic N) is 2. The van der Waals surface area contributed by atoms with Gasteiger partial charge in [-0.1, -0.05) is 26.7 Å². The van der Waals surface area contributed by atoms with Crippen LogP contribution in [-0.4, -0.2) is 28.6 Å². The van der Waals surface area contributed by atoms with Crippen molar-refractivity contribution in [3.8, 4) is 0 Å². The fourth-order valence-electron chi connectivity index (χ4n) is 2.71. The molecule has 1 saturated carbocycles. The zero-order chi connectivity index (χ0) is 14.5. The van der Waals surface area contributed by atoms with Crippen LogP contribution in [0.15, 0.2) is 5.38 Å². The van der Waals surface area contributed by atoms with Crippen LogP contribution in [-0.2, 0) is 11.2 Å². The molecule has 1 aliphatic rings. The Bertz CT molecular complexity index is 439. The molecule has 1 N–H and O–H groups in total. The first-order valence-corrected chi connectivity index (χ1v) is 8.37. The number of anilines is 1. The molecule has 0 bridgehead atoms. The van der Waals surface area contributed by atoms with Gasteiger partial charge in [0, 0.05) is 18.0 Å². The summed E-state index contributed by atoms with van der Waals surface area (Å²) in [6.45, 7) is 5.51. The lowest BCUT2D eigenvalue weighted by Gasteiger charge is -2.29. The summed E-state index contributed by atoms with van der Waals surface area (Å²) in [5.74, 6) is -0.131. The van der Waals surface area contributed by atoms with E-state index in [-0.39, 0.29) is 6.42 Å². The highest BCUT2D eigenvalue weighted by Crippen LogP contribution is 2.31. The average Bonchev–Trinajstić information content (AvgIpc) is 3.00. The molecule has 0 radical (unpaired) electrons. The number of aromatic nitrogens is 1. The highest BCUT2D eigenvalue weighted by molar-refractivity contribution is 7.13. The zero-order valence-electron chi connectivity index (χ0n) is 12.3. The van der Waals surface area contributed by atoms with Crippen molar-refractivity contribution < 1.29 is 9.90 Å². The second kappa shape index (κ2) is 7.07. The number of hydrogen-bond donors (Lipinski definition) is 1. The number of hydrogen-bond acceptors (Lipinski definition) is 4. The Morgan fingerprint density at radius 3 is 2.80 bits per heavy atom. The number of rotatable bonds is 7. The van der Waals surface area contributed by atoms with Crippen LogP contribution in [0.1, 0.15) is 51.6 Å². The van der Waals surface area contributed by atoms with E-state index < -0.39 is 5.97 Å². The zero-order valence-corrected chi connectivity index (χ0v) is 13.2. The smallest absolute Gasteiger partial charge is 0.309 e. The number of carbonyl (C=O) groups is 1. The fraction of sp³-hybridized carbons (Fsp3) is 0.733. The topological polar surface area (TPSA) is 53.4 Å². The standard InChI is InChI=1S/C15H24N2O2S/c1-11(2)7-8-17(13-5-3-4-6-13)15-16-12(10-20-15)9-14(18)19/h10-11,13H,3-9H2,1-2H3,(H,18,19). The lowest BCUT2D eigenvalue weighted by atomic mass is 10.1. The van der Waals surface area contributed by atoms with Gasteiger partial charge in [-0.3, -0.25) is 4.79 Å². The molecular formula is C15H24N2O2S. The van der Waals surface area contributed by atoms with Gasteiger partial charge in [-0.2, -0.15) is 0 Å². The van der Waals surface area contributed by atoms with Crippen molar-refractivity contribution in [2.75, 3.05) is 11.4 Å². The highest BCUT2D eigenvalue weighted by Gasteiger charge is 2.25. The molecule has 4 nitrogen and oxygen atoms in total. The molecular weight excluding hydrogens is 272 g/mol. The maximum absolute atomic E-state index is 10.8. The van der Waals surface area contributed by atoms with Gasteiger partial charge in [0.2, 0.25) is 0 Å². The Hall–Kier alpha value is -1.10. The van der Waals surface area contributed by atoms with E-state index in [4.69, 9.17) is 5.11 Å². The van der Waals surface area contributed by atoms with Gasteiger partial charge in [0.15, 0.2) is 5.13 Å². The maximum Gasteiger partial charge on any atom is 0.309 e. The molecule has 1 fully saturated rings. The number of thiazole rings is 1. The van der Waals surface area contributed by atoms with Crippen LogP contribution < -0.4 is 4.90 Å². The molecule has 1 aromatic heterocycles. The lowest BCUT2D eigenvalue weighted by molar-refractivity contribution is -0.136. The first-order chi connectivity index (χ1) is 9.56. The van der Waals surface area contributed by atoms with Crippen LogP contribution >= 0.6 is 11.3 Å². The van der Waals surface area contributed by atoms with Gasteiger partial charge >= 0.3 is 5.97 Å². The molecule has 0 unspecified atom stereocenters. The molecule has 112 valence electrons. The second-order valence-electron chi connectivity index (χ2n) is 6.01. The van der Waals surface area contributed by atoms with E-state index in [1.165, 1.54) is 25.7 Å². The Morgan fingerprint density at radius 1 is 1.50 bits per heavy atom. The molecule has 1 aliphatic carbocycles. The molecule has 1 heterocycles. The Labute approximate surface area is 124 Å². The highest BCUT2D eigenvalue weighted by atomic mass is 32.1. The van der Waals surface area contributed by atoms with E-state index in [0.717, 1.165) is 18.1 Å². The van der Waals surface area contributed by atoms with Crippen molar-refractivity contribution in [2.24, 2.45) is 5.92 Å². The van der Waals surface area contributed by atoms with Gasteiger partial charge in [-0.15, -0.1) is 11.3 Å². The number of carboxylic acid groups (broad SMARTS) is 1. The van der Waals surface area contributed by atoms with Crippen molar-refractivity contribution >= 4 is 22.4 Å². The molecule has 1 aromatic rings. The number of carboxylic acids is 1. The summed E-state index contributed by atoms with van der Waals surface area (Å²) in [6.07, 6.45) is 6.27. The number of aliphatic carboxylic acids is 1. The summed E-state index contributed by atoms with van der Waals surface area (Å²) in [4.78, 5) is 17.7. The maximum atomic E-state index is 10.8. The quantitative estimate of drug-likeness (QED) is 0.836. The predicted molar refractivity (Wildman–Crippen MR) is 82.5 cm³/mol. The Balaban J connectivity index is 2.08. The summed E-state index contributed by atoms with van der Waals surface area (Å²) in [7, 11) is 0. The van der Waals surface area contributed by atoms with Crippen molar-refractivity contribution in [3.63, 3.8) is 0 Å². The van der Waals surface area contributed by atoms with Crippen LogP contribution in [0.2, 0.25) is 0 Å². The third-order valence-corrected chi connectivity index (χ3v) is 4.76. The van der Waals surface area contributed by atoms with Gasteiger partial charge in [-0.25, -0.2) is 4.98 Å². The molecule has 5 heteroatoms. The van der Waals surface area contributed by atoms with Crippen LogP contribution in [0.5, 0.6) is 0 Å². The first-order valence-electron chi connectivity index (χ1n) is 7.49. The van der Waals surface area contributed by atoms with Crippen molar-refractivity contribution in [1.29, 1.82) is 0 Å². The monoisotopic (exact) mass is 296 g/mol. The predicted octanol–water partition coefficient (Wildman–Crippen LogP) is 3.57. The molecule has 20 heavy (non-hydrogen) atoms. The van der Waals surface area contributed by atoms with Gasteiger partial charge in [0.05, 0.1) is 12.1 Å². The Morgan fingerprint density at radius 2 is 2.20 bits per heavy atom. The minimum atomic E-state index is -0.809. The summed E-state index contributed by atoms with van der Waals surface area (Å²) < 4.78 is 0. The molecule has 0 aliphatic heterocycles. The minimum absolute atomic E-state index is 0.0270. The molecule has 2 rings (SSSR count). The summed E-state index contributed by atoms with van der Waals surface area (Å²) in [5.41, 5.74) is 0.685. The molecule has 0 amide bonds. The van der Waals surface area contributed by atoms with Gasteiger partial charge < -0.3 is 10.0 Å². The fourth-order valence-corrected chi connectivity index (χ4v) is 3.64. The van der Waals surface area contributed by atoms with Gasteiger partial charge in [-0.05, 0) is 25.2 Å². The van der Waals surface area contributed by atoms with Crippen LogP contribution in [0.3, 0.4) is 0 Å². The van der Waals surface area contributed by atoms with Crippen molar-refractivity contribution in [3.05, 3.63) is 11.1 Å². The molecule has 0 atom stereocenters. The summed E-state index contributed by atoms with van der Waals surface area (Å²) in [6, 6.07) is 0.595. The summed E-state index contributed by atoms with van der Waals surface area (Å²) in [5, 5.41) is 11.8. The van der Waals surface area contributed by atoms with E-state index in [0.29, 0.717) is 17.7 Å². The summed E-state index contributed by atoms with van der Waals surface area (Å²) >= 11 is 1.59. The largest absolute Gasteiger partial charge is 0.481 e. The molecule has 0 saturated heterocycles. The minimum Gasteiger partial charge on any atom is -0.481 e. The average molecular weight is 296 g/mol. The van der Waals surface area contributed by atoms with E-state index in [1.54, 1.807) is 11.3 Å². The van der Waals surface area contributed by atoms with Gasteiger partial charge in [0.1, 0.15) is 0 Å². The van der Waals surface area contributed by atoms with E-state index in [9.17, 15) is 4.79 Å². The van der Waals surface area contributed by atoms with Crippen LogP contribution in [0.25, 0.3) is 0 Å². The van der Waals surface area contributed by atoms with Gasteiger partial charge in [0.25, 0.3) is 0 Å². The van der Waals surface area contributed by atoms with Crippen molar-refractivity contribution in [2.45, 2.75) is 58.4 Å². The molecule has 0 aromatic carbocycles. The normalized spacial score (nSPS) is 15.9. The van der Waals surface area contributed by atoms with Crippen molar-refractivity contribution in [1.82, 2.24) is 4.98 Å². The van der Waals surface area contributed by atoms with E-state index >= 15 is 0 Å². The Kier molecular flexibility index (Phi) is 5.40. The van der Waals surface area contributed by atoms with E-state index in [1.807, 2.05) is 5.38 Å². The van der Waals surface area contributed by atoms with Crippen LogP contribution in [0.4, 0.5) is 5.13 Å². The SMILES string of the molecule is CC(C)CCN(c1nc(CC(=O)O)cs1)C1CCCC1. The third kappa shape index (κ3) is 4.20. The third-order valence-electron chi connectivity index (χ3n) is 3.83. The lowest BCUT2D eigenvalue weighted by Crippen LogP contribution is -2.34.